The van der Waals surface area contributed by atoms with Crippen molar-refractivity contribution >= 4 is 12.0 Å². The van der Waals surface area contributed by atoms with Crippen molar-refractivity contribution in [1.29, 1.82) is 0 Å². The van der Waals surface area contributed by atoms with Crippen molar-refractivity contribution in [3.63, 3.8) is 0 Å². The van der Waals surface area contributed by atoms with E-state index in [1.165, 1.54) is 0 Å². The Bertz CT molecular complexity index is 504. The van der Waals surface area contributed by atoms with Crippen LogP contribution < -0.4 is 11.1 Å². The lowest BCUT2D eigenvalue weighted by Crippen LogP contribution is -2.19. The number of aryl methyl sites for hydroxylation is 1. The summed E-state index contributed by atoms with van der Waals surface area (Å²) in [5.41, 5.74) is 6.84. The summed E-state index contributed by atoms with van der Waals surface area (Å²) in [4.78, 5) is 10.5. The molecule has 1 heterocycles. The van der Waals surface area contributed by atoms with Crippen LogP contribution in [0.4, 0.5) is 10.8 Å². The maximum absolute atomic E-state index is 10.5. The number of amides is 2. The highest BCUT2D eigenvalue weighted by molar-refractivity contribution is 5.85. The third-order valence-electron chi connectivity index (χ3n) is 1.95. The van der Waals surface area contributed by atoms with Crippen LogP contribution in [0, 0.1) is 6.92 Å². The van der Waals surface area contributed by atoms with Gasteiger partial charge in [-0.15, -0.1) is 5.10 Å². The predicted octanol–water partition coefficient (Wildman–Crippen LogP) is 1.54. The molecule has 82 valence electrons. The molecule has 0 aliphatic heterocycles. The van der Waals surface area contributed by atoms with Gasteiger partial charge < -0.3 is 10.2 Å². The number of carbonyl (C=O) groups excluding carboxylic acids is 1. The lowest BCUT2D eigenvalue weighted by molar-refractivity contribution is 0.258. The Morgan fingerprint density at radius 3 is 2.62 bits per heavy atom. The van der Waals surface area contributed by atoms with Crippen LogP contribution in [0.3, 0.4) is 0 Å². The summed E-state index contributed by atoms with van der Waals surface area (Å²) in [5, 5.41) is 9.61. The molecule has 0 unspecified atom stereocenters. The second-order valence-electron chi connectivity index (χ2n) is 3.27. The number of aromatic nitrogens is 2. The van der Waals surface area contributed by atoms with Crippen molar-refractivity contribution in [2.75, 3.05) is 5.32 Å². The molecular weight excluding hydrogens is 208 g/mol. The van der Waals surface area contributed by atoms with Gasteiger partial charge in [0, 0.05) is 5.56 Å². The topological polar surface area (TPSA) is 94.0 Å². The predicted molar refractivity (Wildman–Crippen MR) is 57.7 cm³/mol. The Balaban J connectivity index is 2.24. The number of nitrogens with one attached hydrogen (secondary N) is 1. The van der Waals surface area contributed by atoms with Crippen molar-refractivity contribution in [3.8, 4) is 11.5 Å². The minimum atomic E-state index is -0.737. The van der Waals surface area contributed by atoms with E-state index in [1.54, 1.807) is 0 Å². The Kier molecular flexibility index (Phi) is 2.55. The number of nitrogens with two attached hydrogens (primary N) is 1. The van der Waals surface area contributed by atoms with Gasteiger partial charge in [-0.25, -0.2) is 4.79 Å². The number of urea groups is 1. The first-order chi connectivity index (χ1) is 7.65. The highest BCUT2D eigenvalue weighted by Gasteiger charge is 2.08. The van der Waals surface area contributed by atoms with E-state index in [4.69, 9.17) is 10.2 Å². The van der Waals surface area contributed by atoms with Crippen LogP contribution in [0.1, 0.15) is 5.56 Å². The molecule has 1 aromatic carbocycles. The van der Waals surface area contributed by atoms with E-state index in [0.29, 0.717) is 5.89 Å². The molecule has 0 aliphatic carbocycles. The van der Waals surface area contributed by atoms with Crippen LogP contribution in [-0.4, -0.2) is 16.2 Å². The molecule has 3 N–H and O–H groups in total. The molecule has 0 aliphatic rings. The molecule has 6 heteroatoms. The van der Waals surface area contributed by atoms with Gasteiger partial charge in [-0.05, 0) is 19.1 Å². The zero-order valence-electron chi connectivity index (χ0n) is 8.60. The van der Waals surface area contributed by atoms with Crippen LogP contribution in [0.2, 0.25) is 0 Å². The van der Waals surface area contributed by atoms with Gasteiger partial charge in [0.25, 0.3) is 0 Å². The maximum Gasteiger partial charge on any atom is 0.324 e. The van der Waals surface area contributed by atoms with Gasteiger partial charge in [-0.3, -0.25) is 5.32 Å². The number of hydrogen-bond acceptors (Lipinski definition) is 4. The van der Waals surface area contributed by atoms with Gasteiger partial charge in [0.2, 0.25) is 5.89 Å². The summed E-state index contributed by atoms with van der Waals surface area (Å²) in [6.07, 6.45) is 0. The van der Waals surface area contributed by atoms with Gasteiger partial charge in [0.15, 0.2) is 0 Å². The molecular formula is C10H10N4O2. The van der Waals surface area contributed by atoms with Crippen molar-refractivity contribution in [2.45, 2.75) is 6.92 Å². The van der Waals surface area contributed by atoms with Crippen LogP contribution >= 0.6 is 0 Å². The summed E-state index contributed by atoms with van der Waals surface area (Å²) in [6, 6.07) is 6.83. The quantitative estimate of drug-likeness (QED) is 0.799. The second-order valence-corrected chi connectivity index (χ2v) is 3.27. The molecule has 1 aromatic heterocycles. The number of anilines is 1. The lowest BCUT2D eigenvalue weighted by atomic mass is 10.1. The number of benzene rings is 1. The van der Waals surface area contributed by atoms with E-state index >= 15 is 0 Å². The number of primary amides is 1. The second kappa shape index (κ2) is 4.01. The molecule has 0 spiro atoms. The third kappa shape index (κ3) is 2.17. The highest BCUT2D eigenvalue weighted by Crippen LogP contribution is 2.19. The van der Waals surface area contributed by atoms with Gasteiger partial charge in [-0.1, -0.05) is 22.8 Å². The lowest BCUT2D eigenvalue weighted by Gasteiger charge is -1.95. The van der Waals surface area contributed by atoms with Crippen molar-refractivity contribution in [2.24, 2.45) is 5.73 Å². The Hall–Kier alpha value is -2.37. The van der Waals surface area contributed by atoms with Gasteiger partial charge in [-0.2, -0.15) is 0 Å². The van der Waals surface area contributed by atoms with Crippen LogP contribution in [0.15, 0.2) is 28.7 Å². The maximum atomic E-state index is 10.5. The fourth-order valence-electron chi connectivity index (χ4n) is 1.19. The zero-order chi connectivity index (χ0) is 11.5. The number of rotatable bonds is 2. The first-order valence-corrected chi connectivity index (χ1v) is 4.62. The molecule has 0 bridgehead atoms. The summed E-state index contributed by atoms with van der Waals surface area (Å²) >= 11 is 0. The van der Waals surface area contributed by atoms with E-state index in [9.17, 15) is 4.79 Å². The van der Waals surface area contributed by atoms with E-state index in [-0.39, 0.29) is 6.01 Å². The monoisotopic (exact) mass is 218 g/mol. The van der Waals surface area contributed by atoms with Gasteiger partial charge in [0.05, 0.1) is 0 Å². The van der Waals surface area contributed by atoms with Crippen molar-refractivity contribution in [3.05, 3.63) is 29.8 Å². The Morgan fingerprint density at radius 2 is 2.00 bits per heavy atom. The molecule has 0 radical (unpaired) electrons. The molecule has 16 heavy (non-hydrogen) atoms. The van der Waals surface area contributed by atoms with E-state index in [0.717, 1.165) is 11.1 Å². The number of hydrogen-bond donors (Lipinski definition) is 2. The van der Waals surface area contributed by atoms with Gasteiger partial charge in [0.1, 0.15) is 0 Å². The minimum Gasteiger partial charge on any atom is -0.403 e. The first-order valence-electron chi connectivity index (χ1n) is 4.62. The van der Waals surface area contributed by atoms with Crippen molar-refractivity contribution < 1.29 is 9.21 Å². The molecule has 2 rings (SSSR count). The van der Waals surface area contributed by atoms with Gasteiger partial charge >= 0.3 is 12.0 Å². The highest BCUT2D eigenvalue weighted by atomic mass is 16.4. The Morgan fingerprint density at radius 1 is 1.31 bits per heavy atom. The largest absolute Gasteiger partial charge is 0.403 e. The fourth-order valence-corrected chi connectivity index (χ4v) is 1.19. The zero-order valence-corrected chi connectivity index (χ0v) is 8.60. The van der Waals surface area contributed by atoms with Crippen LogP contribution in [0.25, 0.3) is 11.5 Å². The molecule has 0 saturated heterocycles. The third-order valence-corrected chi connectivity index (χ3v) is 1.95. The summed E-state index contributed by atoms with van der Waals surface area (Å²) in [7, 11) is 0. The smallest absolute Gasteiger partial charge is 0.324 e. The first kappa shape index (κ1) is 10.2. The SMILES string of the molecule is Cc1ccc(-c2nnc(NC(N)=O)o2)cc1. The number of nitrogens with zero attached hydrogens (tertiary/aromatic N) is 2. The van der Waals surface area contributed by atoms with Crippen LogP contribution in [0.5, 0.6) is 0 Å². The van der Waals surface area contributed by atoms with Crippen LogP contribution in [-0.2, 0) is 0 Å². The fraction of sp³-hybridized carbons (Fsp3) is 0.100. The average Bonchev–Trinajstić information content (AvgIpc) is 2.66. The van der Waals surface area contributed by atoms with E-state index in [1.807, 2.05) is 31.2 Å². The average molecular weight is 218 g/mol. The van der Waals surface area contributed by atoms with E-state index < -0.39 is 6.03 Å². The summed E-state index contributed by atoms with van der Waals surface area (Å²) < 4.78 is 5.19. The molecule has 6 nitrogen and oxygen atoms in total. The number of carbonyl (C=O) groups is 1. The Labute approximate surface area is 91.5 Å². The summed E-state index contributed by atoms with van der Waals surface area (Å²) in [5.74, 6) is 0.337. The minimum absolute atomic E-state index is 0.0110. The van der Waals surface area contributed by atoms with E-state index in [2.05, 4.69) is 15.5 Å². The van der Waals surface area contributed by atoms with Crippen molar-refractivity contribution in [1.82, 2.24) is 10.2 Å². The normalized spacial score (nSPS) is 10.1. The molecule has 0 saturated carbocycles. The molecule has 2 aromatic rings. The molecule has 0 fully saturated rings. The summed E-state index contributed by atoms with van der Waals surface area (Å²) in [6.45, 7) is 1.98. The standard InChI is InChI=1S/C10H10N4O2/c1-6-2-4-7(5-3-6)8-13-14-10(16-8)12-9(11)15/h2-5H,1H3,(H3,11,12,14,15). The molecule has 0 atom stereocenters. The molecule has 2 amide bonds.